The van der Waals surface area contributed by atoms with Gasteiger partial charge in [-0.25, -0.2) is 0 Å². The van der Waals surface area contributed by atoms with Gasteiger partial charge >= 0.3 is 5.97 Å². The van der Waals surface area contributed by atoms with Gasteiger partial charge in [-0.2, -0.15) is 0 Å². The SMILES string of the molecule is COCCOCCCNCC(Br)C(=O)OC. The number of nitrogens with one attached hydrogen (secondary N) is 1. The Morgan fingerprint density at radius 1 is 1.31 bits per heavy atom. The lowest BCUT2D eigenvalue weighted by atomic mass is 10.4. The molecular formula is C10H20BrNO4. The number of alkyl halides is 1. The Bertz CT molecular complexity index is 180. The van der Waals surface area contributed by atoms with Gasteiger partial charge in [0.15, 0.2) is 0 Å². The molecule has 5 nitrogen and oxygen atoms in total. The van der Waals surface area contributed by atoms with E-state index >= 15 is 0 Å². The van der Waals surface area contributed by atoms with Crippen molar-refractivity contribution in [2.75, 3.05) is 47.1 Å². The number of rotatable bonds is 10. The largest absolute Gasteiger partial charge is 0.468 e. The van der Waals surface area contributed by atoms with Gasteiger partial charge in [-0.15, -0.1) is 0 Å². The maximum atomic E-state index is 11.0. The average molecular weight is 298 g/mol. The molecule has 0 aliphatic carbocycles. The maximum Gasteiger partial charge on any atom is 0.320 e. The van der Waals surface area contributed by atoms with Gasteiger partial charge in [0.05, 0.1) is 20.3 Å². The predicted octanol–water partition coefficient (Wildman–Crippen LogP) is 0.566. The minimum Gasteiger partial charge on any atom is -0.468 e. The van der Waals surface area contributed by atoms with Crippen molar-refractivity contribution in [2.45, 2.75) is 11.2 Å². The van der Waals surface area contributed by atoms with Gasteiger partial charge in [-0.3, -0.25) is 4.79 Å². The molecule has 0 aromatic carbocycles. The van der Waals surface area contributed by atoms with Crippen LogP contribution in [0.1, 0.15) is 6.42 Å². The first-order chi connectivity index (χ1) is 7.72. The third kappa shape index (κ3) is 9.08. The first-order valence-corrected chi connectivity index (χ1v) is 6.13. The topological polar surface area (TPSA) is 56.8 Å². The molecule has 96 valence electrons. The summed E-state index contributed by atoms with van der Waals surface area (Å²) in [6, 6.07) is 0. The van der Waals surface area contributed by atoms with E-state index in [-0.39, 0.29) is 10.8 Å². The molecule has 6 heteroatoms. The number of halogens is 1. The zero-order valence-corrected chi connectivity index (χ0v) is 11.4. The Hall–Kier alpha value is -0.170. The minimum atomic E-state index is -0.285. The van der Waals surface area contributed by atoms with Crippen molar-refractivity contribution in [1.82, 2.24) is 5.32 Å². The van der Waals surface area contributed by atoms with Crippen LogP contribution in [0.4, 0.5) is 0 Å². The van der Waals surface area contributed by atoms with E-state index < -0.39 is 0 Å². The van der Waals surface area contributed by atoms with Gasteiger partial charge in [-0.05, 0) is 13.0 Å². The Kier molecular flexibility index (Phi) is 11.2. The van der Waals surface area contributed by atoms with Gasteiger partial charge in [0, 0.05) is 20.3 Å². The molecule has 0 rings (SSSR count). The lowest BCUT2D eigenvalue weighted by molar-refractivity contribution is -0.139. The van der Waals surface area contributed by atoms with Crippen LogP contribution in [0, 0.1) is 0 Å². The molecule has 0 saturated heterocycles. The third-order valence-corrected chi connectivity index (χ3v) is 2.55. The Balaban J connectivity index is 3.17. The van der Waals surface area contributed by atoms with Gasteiger partial charge in [-0.1, -0.05) is 15.9 Å². The van der Waals surface area contributed by atoms with Gasteiger partial charge in [0.1, 0.15) is 4.83 Å². The quantitative estimate of drug-likeness (QED) is 0.363. The second-order valence-electron chi connectivity index (χ2n) is 3.15. The lowest BCUT2D eigenvalue weighted by Gasteiger charge is -2.09. The van der Waals surface area contributed by atoms with Crippen molar-refractivity contribution in [1.29, 1.82) is 0 Å². The van der Waals surface area contributed by atoms with E-state index in [4.69, 9.17) is 9.47 Å². The fraction of sp³-hybridized carbons (Fsp3) is 0.900. The van der Waals surface area contributed by atoms with Crippen LogP contribution in [0.5, 0.6) is 0 Å². The number of esters is 1. The van der Waals surface area contributed by atoms with Gasteiger partial charge in [0.2, 0.25) is 0 Å². The van der Waals surface area contributed by atoms with E-state index in [1.807, 2.05) is 0 Å². The zero-order valence-electron chi connectivity index (χ0n) is 9.83. The lowest BCUT2D eigenvalue weighted by Crippen LogP contribution is -2.30. The highest BCUT2D eigenvalue weighted by molar-refractivity contribution is 9.10. The van der Waals surface area contributed by atoms with Crippen LogP contribution in [0.2, 0.25) is 0 Å². The third-order valence-electron chi connectivity index (χ3n) is 1.85. The fourth-order valence-corrected chi connectivity index (χ4v) is 1.40. The highest BCUT2D eigenvalue weighted by atomic mass is 79.9. The minimum absolute atomic E-state index is 0.260. The molecule has 0 radical (unpaired) electrons. The average Bonchev–Trinajstić information content (AvgIpc) is 2.31. The maximum absolute atomic E-state index is 11.0. The highest BCUT2D eigenvalue weighted by Crippen LogP contribution is 1.99. The number of hydrogen-bond donors (Lipinski definition) is 1. The molecule has 0 aliphatic heterocycles. The van der Waals surface area contributed by atoms with Crippen molar-refractivity contribution >= 4 is 21.9 Å². The van der Waals surface area contributed by atoms with E-state index in [1.54, 1.807) is 7.11 Å². The van der Waals surface area contributed by atoms with Gasteiger partial charge in [0.25, 0.3) is 0 Å². The first-order valence-electron chi connectivity index (χ1n) is 5.21. The van der Waals surface area contributed by atoms with Crippen molar-refractivity contribution in [3.05, 3.63) is 0 Å². The summed E-state index contributed by atoms with van der Waals surface area (Å²) in [5, 5.41) is 3.13. The summed E-state index contributed by atoms with van der Waals surface area (Å²) in [6.45, 7) is 3.32. The molecule has 0 aliphatic rings. The molecule has 0 aromatic heterocycles. The fourth-order valence-electron chi connectivity index (χ4n) is 0.984. The summed E-state index contributed by atoms with van der Waals surface area (Å²) in [5.41, 5.74) is 0. The van der Waals surface area contributed by atoms with Crippen molar-refractivity contribution in [2.24, 2.45) is 0 Å². The van der Waals surface area contributed by atoms with E-state index in [2.05, 4.69) is 26.0 Å². The molecule has 0 fully saturated rings. The molecule has 0 aromatic rings. The summed E-state index contributed by atoms with van der Waals surface area (Å²) in [4.78, 5) is 10.7. The van der Waals surface area contributed by atoms with Crippen LogP contribution in [0.15, 0.2) is 0 Å². The predicted molar refractivity (Wildman–Crippen MR) is 64.9 cm³/mol. The second kappa shape index (κ2) is 11.3. The standard InChI is InChI=1S/C10H20BrNO4/c1-14-6-7-16-5-3-4-12-8-9(11)10(13)15-2/h9,12H,3-8H2,1-2H3. The molecule has 1 N–H and O–H groups in total. The molecule has 16 heavy (non-hydrogen) atoms. The summed E-state index contributed by atoms with van der Waals surface area (Å²) in [5.74, 6) is -0.260. The number of carbonyl (C=O) groups excluding carboxylic acids is 1. The van der Waals surface area contributed by atoms with Crippen LogP contribution >= 0.6 is 15.9 Å². The van der Waals surface area contributed by atoms with E-state index in [0.717, 1.165) is 13.0 Å². The molecule has 1 atom stereocenters. The van der Waals surface area contributed by atoms with E-state index in [0.29, 0.717) is 26.4 Å². The molecule has 0 heterocycles. The number of methoxy groups -OCH3 is 2. The van der Waals surface area contributed by atoms with Crippen LogP contribution in [-0.4, -0.2) is 57.9 Å². The Morgan fingerprint density at radius 2 is 2.06 bits per heavy atom. The number of hydrogen-bond acceptors (Lipinski definition) is 5. The second-order valence-corrected chi connectivity index (χ2v) is 4.26. The Morgan fingerprint density at radius 3 is 2.69 bits per heavy atom. The molecular weight excluding hydrogens is 278 g/mol. The molecule has 0 spiro atoms. The van der Waals surface area contributed by atoms with Gasteiger partial charge < -0.3 is 19.5 Å². The molecule has 0 saturated carbocycles. The summed E-state index contributed by atoms with van der Waals surface area (Å²) < 4.78 is 14.7. The number of ether oxygens (including phenoxy) is 3. The zero-order chi connectivity index (χ0) is 12.2. The molecule has 1 unspecified atom stereocenters. The summed E-state index contributed by atoms with van der Waals surface area (Å²) in [7, 11) is 3.02. The van der Waals surface area contributed by atoms with Crippen molar-refractivity contribution in [3.63, 3.8) is 0 Å². The van der Waals surface area contributed by atoms with Crippen LogP contribution < -0.4 is 5.32 Å². The normalized spacial score (nSPS) is 12.4. The van der Waals surface area contributed by atoms with Crippen LogP contribution in [-0.2, 0) is 19.0 Å². The monoisotopic (exact) mass is 297 g/mol. The first kappa shape index (κ1) is 15.8. The Labute approximate surface area is 105 Å². The molecule has 0 bridgehead atoms. The van der Waals surface area contributed by atoms with Crippen molar-refractivity contribution in [3.8, 4) is 0 Å². The van der Waals surface area contributed by atoms with E-state index in [9.17, 15) is 4.79 Å². The number of carbonyl (C=O) groups is 1. The van der Waals surface area contributed by atoms with Crippen LogP contribution in [0.3, 0.4) is 0 Å². The van der Waals surface area contributed by atoms with E-state index in [1.165, 1.54) is 7.11 Å². The summed E-state index contributed by atoms with van der Waals surface area (Å²) in [6.07, 6.45) is 0.907. The molecule has 0 amide bonds. The van der Waals surface area contributed by atoms with Crippen LogP contribution in [0.25, 0.3) is 0 Å². The smallest absolute Gasteiger partial charge is 0.320 e. The summed E-state index contributed by atoms with van der Waals surface area (Å²) >= 11 is 3.22. The van der Waals surface area contributed by atoms with Crippen molar-refractivity contribution < 1.29 is 19.0 Å². The highest BCUT2D eigenvalue weighted by Gasteiger charge is 2.13.